The van der Waals surface area contributed by atoms with E-state index in [1.54, 1.807) is 17.0 Å². The molecule has 2 saturated heterocycles. The largest absolute Gasteiger partial charge is 0.447 e. The second-order valence-electron chi connectivity index (χ2n) is 11.0. The average molecular weight is 625 g/mol. The van der Waals surface area contributed by atoms with Crippen LogP contribution in [0.2, 0.25) is 5.02 Å². The monoisotopic (exact) mass is 624 g/mol. The number of hydrogen-bond donors (Lipinski definition) is 2. The highest BCUT2D eigenvalue weighted by atomic mass is 35.5. The summed E-state index contributed by atoms with van der Waals surface area (Å²) in [7, 11) is 0. The van der Waals surface area contributed by atoms with Gasteiger partial charge in [-0.3, -0.25) is 19.2 Å². The highest BCUT2D eigenvalue weighted by Gasteiger charge is 2.34. The third-order valence-corrected chi connectivity index (χ3v) is 8.47. The third-order valence-electron chi connectivity index (χ3n) is 8.24. The summed E-state index contributed by atoms with van der Waals surface area (Å²) in [6, 6.07) is 6.21. The molecule has 0 radical (unpaired) electrons. The van der Waals surface area contributed by atoms with Gasteiger partial charge in [-0.25, -0.2) is 9.97 Å². The van der Waals surface area contributed by atoms with E-state index < -0.39 is 5.91 Å². The number of pyridine rings is 2. The van der Waals surface area contributed by atoms with Crippen LogP contribution in [-0.2, 0) is 19.1 Å². The predicted molar refractivity (Wildman–Crippen MR) is 159 cm³/mol. The zero-order valence-corrected chi connectivity index (χ0v) is 24.8. The van der Waals surface area contributed by atoms with Crippen molar-refractivity contribution in [2.24, 2.45) is 11.8 Å². The molecular formula is C30H33ClN6O7. The lowest BCUT2D eigenvalue weighted by atomic mass is 9.81. The Morgan fingerprint density at radius 1 is 0.818 bits per heavy atom. The Balaban J connectivity index is 1.23. The highest BCUT2D eigenvalue weighted by Crippen LogP contribution is 2.35. The van der Waals surface area contributed by atoms with Gasteiger partial charge in [0.15, 0.2) is 5.58 Å². The van der Waals surface area contributed by atoms with Crippen LogP contribution in [0.3, 0.4) is 0 Å². The van der Waals surface area contributed by atoms with E-state index in [2.05, 4.69) is 20.6 Å². The summed E-state index contributed by atoms with van der Waals surface area (Å²) in [5.74, 6) is -1.58. The van der Waals surface area contributed by atoms with E-state index >= 15 is 0 Å². The summed E-state index contributed by atoms with van der Waals surface area (Å²) < 4.78 is 16.6. The lowest BCUT2D eigenvalue weighted by Gasteiger charge is -2.33. The van der Waals surface area contributed by atoms with Crippen LogP contribution in [0, 0.1) is 11.8 Å². The predicted octanol–water partition coefficient (Wildman–Crippen LogP) is 3.20. The molecule has 5 heterocycles. The summed E-state index contributed by atoms with van der Waals surface area (Å²) in [6.45, 7) is 4.00. The summed E-state index contributed by atoms with van der Waals surface area (Å²) in [5.41, 5.74) is 0.638. The Kier molecular flexibility index (Phi) is 9.05. The quantitative estimate of drug-likeness (QED) is 0.420. The second kappa shape index (κ2) is 13.3. The Morgan fingerprint density at radius 2 is 1.48 bits per heavy atom. The lowest BCUT2D eigenvalue weighted by Crippen LogP contribution is -2.44. The van der Waals surface area contributed by atoms with Gasteiger partial charge in [0.25, 0.3) is 11.8 Å². The molecule has 3 fully saturated rings. The van der Waals surface area contributed by atoms with Crippen molar-refractivity contribution in [1.82, 2.24) is 19.8 Å². The number of halogens is 1. The van der Waals surface area contributed by atoms with Crippen LogP contribution in [0.4, 0.5) is 11.5 Å². The summed E-state index contributed by atoms with van der Waals surface area (Å²) in [4.78, 5) is 65.3. The Labute approximate surface area is 258 Å². The SMILES string of the molecule is O=C(Nc1ccc(Cl)cn1)c1oc2ccc(C(=O)N3CCOCC3)nc2c1NC(=O)[C@H]1CC[C@H](C(=O)N2CCOCC2)CC1. The van der Waals surface area contributed by atoms with Crippen molar-refractivity contribution in [3.8, 4) is 0 Å². The molecule has 3 aliphatic rings. The van der Waals surface area contributed by atoms with E-state index in [9.17, 15) is 19.2 Å². The molecule has 13 nitrogen and oxygen atoms in total. The number of hydrogen-bond acceptors (Lipinski definition) is 9. The number of nitrogens with zero attached hydrogens (tertiary/aromatic N) is 4. The summed E-state index contributed by atoms with van der Waals surface area (Å²) in [5, 5.41) is 5.94. The van der Waals surface area contributed by atoms with Crippen molar-refractivity contribution in [3.05, 3.63) is 46.9 Å². The van der Waals surface area contributed by atoms with Crippen molar-refractivity contribution in [1.29, 1.82) is 0 Å². The molecule has 3 aromatic heterocycles. The minimum atomic E-state index is -0.658. The molecule has 0 atom stereocenters. The van der Waals surface area contributed by atoms with Gasteiger partial charge in [0.05, 0.1) is 31.5 Å². The minimum Gasteiger partial charge on any atom is -0.447 e. The number of aromatic nitrogens is 2. The number of rotatable bonds is 6. The van der Waals surface area contributed by atoms with Gasteiger partial charge in [0.1, 0.15) is 22.7 Å². The standard InChI is InChI=1S/C30H33ClN6O7/c31-20-5-8-23(32-17-20)34-28(39)26-25(24-22(44-26)7-6-21(33-24)30(41)37-11-15-43-16-12-37)35-27(38)18-1-3-19(4-2-18)29(40)36-9-13-42-14-10-36/h5-8,17-19H,1-4,9-16H2,(H,35,38)(H,32,34,39)/t18-,19-. The van der Waals surface area contributed by atoms with Crippen LogP contribution in [0.1, 0.15) is 46.7 Å². The molecule has 0 unspecified atom stereocenters. The fraction of sp³-hybridized carbons (Fsp3) is 0.467. The fourth-order valence-electron chi connectivity index (χ4n) is 5.79. The molecule has 4 amide bonds. The molecule has 0 spiro atoms. The lowest BCUT2D eigenvalue weighted by molar-refractivity contribution is -0.141. The smallest absolute Gasteiger partial charge is 0.294 e. The van der Waals surface area contributed by atoms with Crippen molar-refractivity contribution in [2.45, 2.75) is 25.7 Å². The van der Waals surface area contributed by atoms with Crippen molar-refractivity contribution >= 4 is 57.8 Å². The zero-order chi connectivity index (χ0) is 30.6. The number of morpholine rings is 2. The normalized spacial score (nSPS) is 20.8. The Bertz CT molecular complexity index is 1540. The number of carbonyl (C=O) groups excluding carboxylic acids is 4. The van der Waals surface area contributed by atoms with Crippen LogP contribution in [-0.4, -0.2) is 96.0 Å². The maximum Gasteiger partial charge on any atom is 0.294 e. The Hall–Kier alpha value is -4.07. The van der Waals surface area contributed by atoms with Gasteiger partial charge in [-0.2, -0.15) is 0 Å². The molecule has 1 aliphatic carbocycles. The van der Waals surface area contributed by atoms with Gasteiger partial charge in [0, 0.05) is 44.2 Å². The first kappa shape index (κ1) is 30.0. The number of carbonyl (C=O) groups is 4. The molecule has 3 aromatic rings. The van der Waals surface area contributed by atoms with Gasteiger partial charge < -0.3 is 34.3 Å². The van der Waals surface area contributed by atoms with E-state index in [1.807, 2.05) is 4.90 Å². The minimum absolute atomic E-state index is 0.0691. The molecule has 2 aliphatic heterocycles. The molecule has 6 rings (SSSR count). The molecule has 1 saturated carbocycles. The summed E-state index contributed by atoms with van der Waals surface area (Å²) >= 11 is 5.92. The van der Waals surface area contributed by atoms with Gasteiger partial charge in [-0.1, -0.05) is 11.6 Å². The number of furan rings is 1. The topological polar surface area (TPSA) is 156 Å². The fourth-order valence-corrected chi connectivity index (χ4v) is 5.90. The van der Waals surface area contributed by atoms with Crippen LogP contribution >= 0.6 is 11.6 Å². The van der Waals surface area contributed by atoms with Gasteiger partial charge in [-0.15, -0.1) is 0 Å². The summed E-state index contributed by atoms with van der Waals surface area (Å²) in [6.07, 6.45) is 3.61. The maximum atomic E-state index is 13.6. The number of fused-ring (bicyclic) bond motifs is 1. The first-order valence-electron chi connectivity index (χ1n) is 14.8. The van der Waals surface area contributed by atoms with E-state index in [0.29, 0.717) is 83.3 Å². The van der Waals surface area contributed by atoms with Crippen LogP contribution in [0.15, 0.2) is 34.9 Å². The van der Waals surface area contributed by atoms with E-state index in [-0.39, 0.29) is 63.6 Å². The van der Waals surface area contributed by atoms with Crippen LogP contribution in [0.5, 0.6) is 0 Å². The second-order valence-corrected chi connectivity index (χ2v) is 11.5. The van der Waals surface area contributed by atoms with Crippen molar-refractivity contribution in [3.63, 3.8) is 0 Å². The number of amides is 4. The Morgan fingerprint density at radius 3 is 2.14 bits per heavy atom. The van der Waals surface area contributed by atoms with Crippen LogP contribution < -0.4 is 10.6 Å². The number of ether oxygens (including phenoxy) is 2. The van der Waals surface area contributed by atoms with E-state index in [4.69, 9.17) is 25.5 Å². The van der Waals surface area contributed by atoms with E-state index in [1.165, 1.54) is 18.3 Å². The zero-order valence-electron chi connectivity index (χ0n) is 24.1. The molecule has 14 heteroatoms. The van der Waals surface area contributed by atoms with Gasteiger partial charge in [0.2, 0.25) is 17.6 Å². The van der Waals surface area contributed by atoms with Crippen molar-refractivity contribution < 1.29 is 33.1 Å². The first-order chi connectivity index (χ1) is 21.4. The third kappa shape index (κ3) is 6.54. The molecule has 0 bridgehead atoms. The molecule has 2 N–H and O–H groups in total. The molecule has 44 heavy (non-hydrogen) atoms. The molecule has 232 valence electrons. The van der Waals surface area contributed by atoms with E-state index in [0.717, 1.165) is 0 Å². The molecular weight excluding hydrogens is 592 g/mol. The highest BCUT2D eigenvalue weighted by molar-refractivity contribution is 6.30. The molecule has 0 aromatic carbocycles. The van der Waals surface area contributed by atoms with Crippen molar-refractivity contribution in [2.75, 3.05) is 63.2 Å². The van der Waals surface area contributed by atoms with Gasteiger partial charge >= 0.3 is 0 Å². The van der Waals surface area contributed by atoms with Crippen LogP contribution in [0.25, 0.3) is 11.1 Å². The first-order valence-corrected chi connectivity index (χ1v) is 15.2. The average Bonchev–Trinajstić information content (AvgIpc) is 3.43. The van der Waals surface area contributed by atoms with Gasteiger partial charge in [-0.05, 0) is 49.9 Å². The maximum absolute atomic E-state index is 13.6. The number of nitrogens with one attached hydrogen (secondary N) is 2. The number of anilines is 2.